The van der Waals surface area contributed by atoms with E-state index < -0.39 is 0 Å². The Morgan fingerprint density at radius 2 is 2.19 bits per heavy atom. The van der Waals surface area contributed by atoms with Crippen molar-refractivity contribution in [2.45, 2.75) is 31.5 Å². The van der Waals surface area contributed by atoms with Crippen LogP contribution in [0.4, 0.5) is 5.69 Å². The first-order valence-corrected chi connectivity index (χ1v) is 7.69. The zero-order valence-corrected chi connectivity index (χ0v) is 12.4. The molecule has 3 rings (SSSR count). The molecule has 0 spiro atoms. The van der Waals surface area contributed by atoms with Crippen molar-refractivity contribution in [1.82, 2.24) is 10.6 Å². The van der Waals surface area contributed by atoms with Gasteiger partial charge in [0.15, 0.2) is 0 Å². The van der Waals surface area contributed by atoms with Crippen LogP contribution in [0.5, 0.6) is 0 Å². The Labute approximate surface area is 125 Å². The molecule has 1 aromatic rings. The highest BCUT2D eigenvalue weighted by molar-refractivity contribution is 5.83. The van der Waals surface area contributed by atoms with E-state index in [0.29, 0.717) is 6.61 Å². The summed E-state index contributed by atoms with van der Waals surface area (Å²) < 4.78 is 5.53. The normalized spacial score (nSPS) is 29.4. The molecule has 2 fully saturated rings. The highest BCUT2D eigenvalue weighted by atomic mass is 16.5. The summed E-state index contributed by atoms with van der Waals surface area (Å²) in [7, 11) is 0. The van der Waals surface area contributed by atoms with Gasteiger partial charge in [-0.1, -0.05) is 18.2 Å². The SMILES string of the molecule is C[C@H]1OCCN[C@@H]1C(=O)NC1CCN(c2ccccc2)C1. The van der Waals surface area contributed by atoms with E-state index in [-0.39, 0.29) is 24.1 Å². The van der Waals surface area contributed by atoms with Crippen LogP contribution in [0.15, 0.2) is 30.3 Å². The number of ether oxygens (including phenoxy) is 1. The van der Waals surface area contributed by atoms with Crippen molar-refractivity contribution in [1.29, 1.82) is 0 Å². The smallest absolute Gasteiger partial charge is 0.240 e. The lowest BCUT2D eigenvalue weighted by Gasteiger charge is -2.30. The molecule has 2 aliphatic rings. The second kappa shape index (κ2) is 6.45. The summed E-state index contributed by atoms with van der Waals surface area (Å²) in [5, 5.41) is 6.39. The molecule has 2 heterocycles. The lowest BCUT2D eigenvalue weighted by Crippen LogP contribution is -2.57. The Morgan fingerprint density at radius 3 is 2.95 bits per heavy atom. The predicted octanol–water partition coefficient (Wildman–Crippen LogP) is 0.758. The molecule has 1 aromatic carbocycles. The van der Waals surface area contributed by atoms with Crippen LogP contribution >= 0.6 is 0 Å². The number of nitrogens with one attached hydrogen (secondary N) is 2. The number of rotatable bonds is 3. The van der Waals surface area contributed by atoms with Crippen molar-refractivity contribution in [3.63, 3.8) is 0 Å². The lowest BCUT2D eigenvalue weighted by atomic mass is 10.1. The van der Waals surface area contributed by atoms with Gasteiger partial charge in [0.2, 0.25) is 5.91 Å². The van der Waals surface area contributed by atoms with Gasteiger partial charge in [0.25, 0.3) is 0 Å². The number of amides is 1. The van der Waals surface area contributed by atoms with Gasteiger partial charge in [0, 0.05) is 31.4 Å². The number of nitrogens with zero attached hydrogens (tertiary/aromatic N) is 1. The van der Waals surface area contributed by atoms with Crippen molar-refractivity contribution in [2.24, 2.45) is 0 Å². The molecule has 0 radical (unpaired) electrons. The molecular weight excluding hydrogens is 266 g/mol. The Bertz CT molecular complexity index is 480. The second-order valence-corrected chi connectivity index (χ2v) is 5.78. The van der Waals surface area contributed by atoms with Gasteiger partial charge in [-0.3, -0.25) is 4.79 Å². The number of benzene rings is 1. The fourth-order valence-corrected chi connectivity index (χ4v) is 3.07. The van der Waals surface area contributed by atoms with Crippen LogP contribution in [-0.4, -0.2) is 50.3 Å². The summed E-state index contributed by atoms with van der Waals surface area (Å²) in [6.45, 7) is 5.22. The van der Waals surface area contributed by atoms with Gasteiger partial charge in [0.1, 0.15) is 6.04 Å². The van der Waals surface area contributed by atoms with Crippen LogP contribution < -0.4 is 15.5 Å². The van der Waals surface area contributed by atoms with Crippen molar-refractivity contribution < 1.29 is 9.53 Å². The Hall–Kier alpha value is -1.59. The van der Waals surface area contributed by atoms with Gasteiger partial charge in [-0.05, 0) is 25.5 Å². The number of hydrogen-bond donors (Lipinski definition) is 2. The maximum Gasteiger partial charge on any atom is 0.240 e. The molecule has 0 aromatic heterocycles. The highest BCUT2D eigenvalue weighted by Crippen LogP contribution is 2.19. The second-order valence-electron chi connectivity index (χ2n) is 5.78. The van der Waals surface area contributed by atoms with Crippen LogP contribution in [0.2, 0.25) is 0 Å². The van der Waals surface area contributed by atoms with E-state index in [1.54, 1.807) is 0 Å². The lowest BCUT2D eigenvalue weighted by molar-refractivity contribution is -0.129. The first kappa shape index (κ1) is 14.4. The van der Waals surface area contributed by atoms with Crippen LogP contribution in [0, 0.1) is 0 Å². The third-order valence-corrected chi connectivity index (χ3v) is 4.25. The molecule has 5 nitrogen and oxygen atoms in total. The summed E-state index contributed by atoms with van der Waals surface area (Å²) in [6, 6.07) is 10.3. The van der Waals surface area contributed by atoms with Crippen LogP contribution in [0.3, 0.4) is 0 Å². The minimum absolute atomic E-state index is 0.0575. The predicted molar refractivity (Wildman–Crippen MR) is 82.4 cm³/mol. The number of carbonyl (C=O) groups is 1. The van der Waals surface area contributed by atoms with Gasteiger partial charge < -0.3 is 20.3 Å². The van der Waals surface area contributed by atoms with Crippen molar-refractivity contribution in [3.8, 4) is 0 Å². The fourth-order valence-electron chi connectivity index (χ4n) is 3.07. The summed E-state index contributed by atoms with van der Waals surface area (Å²) in [6.07, 6.45) is 0.924. The van der Waals surface area contributed by atoms with Gasteiger partial charge in [-0.25, -0.2) is 0 Å². The number of anilines is 1. The minimum atomic E-state index is -0.232. The molecule has 0 saturated carbocycles. The van der Waals surface area contributed by atoms with Gasteiger partial charge >= 0.3 is 0 Å². The van der Waals surface area contributed by atoms with Gasteiger partial charge in [0.05, 0.1) is 12.7 Å². The number of para-hydroxylation sites is 1. The first-order chi connectivity index (χ1) is 10.2. The largest absolute Gasteiger partial charge is 0.375 e. The zero-order chi connectivity index (χ0) is 14.7. The highest BCUT2D eigenvalue weighted by Gasteiger charge is 2.31. The molecule has 0 aliphatic carbocycles. The number of morpholine rings is 1. The summed E-state index contributed by atoms with van der Waals surface area (Å²) >= 11 is 0. The first-order valence-electron chi connectivity index (χ1n) is 7.69. The quantitative estimate of drug-likeness (QED) is 0.862. The van der Waals surface area contributed by atoms with Crippen molar-refractivity contribution in [3.05, 3.63) is 30.3 Å². The monoisotopic (exact) mass is 289 g/mol. The van der Waals surface area contributed by atoms with E-state index >= 15 is 0 Å². The van der Waals surface area contributed by atoms with E-state index in [2.05, 4.69) is 27.7 Å². The molecule has 0 bridgehead atoms. The molecule has 5 heteroatoms. The third kappa shape index (κ3) is 3.36. The Kier molecular flexibility index (Phi) is 4.41. The van der Waals surface area contributed by atoms with Crippen LogP contribution in [0.1, 0.15) is 13.3 Å². The standard InChI is InChI=1S/C16H23N3O2/c1-12-15(17-8-10-21-12)16(20)18-13-7-9-19(11-13)14-5-3-2-4-6-14/h2-6,12-13,15,17H,7-11H2,1H3,(H,18,20)/t12-,13?,15+/m1/s1. The van der Waals surface area contributed by atoms with E-state index in [4.69, 9.17) is 4.74 Å². The Morgan fingerprint density at radius 1 is 1.38 bits per heavy atom. The molecule has 2 saturated heterocycles. The fraction of sp³-hybridized carbons (Fsp3) is 0.562. The van der Waals surface area contributed by atoms with Crippen molar-refractivity contribution >= 4 is 11.6 Å². The van der Waals surface area contributed by atoms with Crippen molar-refractivity contribution in [2.75, 3.05) is 31.1 Å². The average Bonchev–Trinajstić information content (AvgIpc) is 2.97. The summed E-state index contributed by atoms with van der Waals surface area (Å²) in [5.74, 6) is 0.0575. The molecule has 21 heavy (non-hydrogen) atoms. The minimum Gasteiger partial charge on any atom is -0.375 e. The third-order valence-electron chi connectivity index (χ3n) is 4.25. The van der Waals surface area contributed by atoms with Crippen LogP contribution in [0.25, 0.3) is 0 Å². The average molecular weight is 289 g/mol. The van der Waals surface area contributed by atoms with E-state index in [1.807, 2.05) is 25.1 Å². The number of carbonyl (C=O) groups excluding carboxylic acids is 1. The molecule has 114 valence electrons. The molecule has 1 unspecified atom stereocenters. The molecule has 3 atom stereocenters. The number of hydrogen-bond acceptors (Lipinski definition) is 4. The summed E-state index contributed by atoms with van der Waals surface area (Å²) in [4.78, 5) is 14.7. The van der Waals surface area contributed by atoms with Gasteiger partial charge in [-0.2, -0.15) is 0 Å². The topological polar surface area (TPSA) is 53.6 Å². The van der Waals surface area contributed by atoms with E-state index in [9.17, 15) is 4.79 Å². The van der Waals surface area contributed by atoms with E-state index in [0.717, 1.165) is 26.1 Å². The maximum atomic E-state index is 12.3. The van der Waals surface area contributed by atoms with Crippen LogP contribution in [-0.2, 0) is 9.53 Å². The Balaban J connectivity index is 1.53. The molecule has 2 N–H and O–H groups in total. The molecule has 1 amide bonds. The van der Waals surface area contributed by atoms with Gasteiger partial charge in [-0.15, -0.1) is 0 Å². The molecular formula is C16H23N3O2. The molecule has 2 aliphatic heterocycles. The zero-order valence-electron chi connectivity index (χ0n) is 12.4. The summed E-state index contributed by atoms with van der Waals surface area (Å²) in [5.41, 5.74) is 1.22. The van der Waals surface area contributed by atoms with E-state index in [1.165, 1.54) is 5.69 Å². The maximum absolute atomic E-state index is 12.3.